The molecule has 0 atom stereocenters. The summed E-state index contributed by atoms with van der Waals surface area (Å²) in [6, 6.07) is 13.6. The van der Waals surface area contributed by atoms with E-state index in [1.54, 1.807) is 12.1 Å². The Bertz CT molecular complexity index is 971. The van der Waals surface area contributed by atoms with Crippen molar-refractivity contribution >= 4 is 10.8 Å². The van der Waals surface area contributed by atoms with Gasteiger partial charge in [-0.05, 0) is 53.8 Å². The van der Waals surface area contributed by atoms with Crippen molar-refractivity contribution in [2.24, 2.45) is 0 Å². The van der Waals surface area contributed by atoms with Crippen LogP contribution in [0.25, 0.3) is 10.8 Å². The maximum atomic E-state index is 14.2. The Labute approximate surface area is 167 Å². The molecular formula is C24H23F5. The molecule has 0 aliphatic heterocycles. The minimum absolute atomic E-state index is 0.136. The van der Waals surface area contributed by atoms with Crippen LogP contribution in [0.15, 0.2) is 48.5 Å². The zero-order chi connectivity index (χ0) is 21.0. The van der Waals surface area contributed by atoms with Gasteiger partial charge in [-0.2, -0.15) is 13.2 Å². The van der Waals surface area contributed by atoms with E-state index in [2.05, 4.69) is 31.2 Å². The molecule has 154 valence electrons. The average Bonchev–Trinajstić information content (AvgIpc) is 2.66. The first-order valence-electron chi connectivity index (χ1n) is 9.85. The lowest BCUT2D eigenvalue weighted by Gasteiger charge is -2.12. The van der Waals surface area contributed by atoms with Crippen LogP contribution in [-0.4, -0.2) is 0 Å². The number of alkyl halides is 3. The molecule has 3 aromatic carbocycles. The second-order valence-electron chi connectivity index (χ2n) is 7.37. The van der Waals surface area contributed by atoms with Gasteiger partial charge in [0.15, 0.2) is 0 Å². The lowest BCUT2D eigenvalue weighted by atomic mass is 9.98. The van der Waals surface area contributed by atoms with E-state index in [9.17, 15) is 22.0 Å². The molecule has 29 heavy (non-hydrogen) atoms. The Morgan fingerprint density at radius 3 is 1.93 bits per heavy atom. The molecule has 0 aliphatic carbocycles. The van der Waals surface area contributed by atoms with Crippen molar-refractivity contribution in [1.29, 1.82) is 0 Å². The third kappa shape index (κ3) is 5.14. The molecule has 5 heteroatoms. The first kappa shape index (κ1) is 21.3. The second-order valence-corrected chi connectivity index (χ2v) is 7.37. The Morgan fingerprint density at radius 1 is 0.724 bits per heavy atom. The number of hydrogen-bond acceptors (Lipinski definition) is 0. The normalized spacial score (nSPS) is 11.9. The fraction of sp³-hybridized carbons (Fsp3) is 0.333. The summed E-state index contributed by atoms with van der Waals surface area (Å²) in [5.41, 5.74) is 1.44. The number of aryl methyl sites for hydroxylation is 3. The van der Waals surface area contributed by atoms with Gasteiger partial charge in [-0.15, -0.1) is 0 Å². The standard InChI is InChI=1S/C24H23F5/c1-2-3-4-5-16-6-8-17(9-7-16)10-11-18-12-13-20-19(14-18)15-21(25)22(23(20)26)24(27,28)29/h6-9,12-15H,2-5,10-11H2,1H3. The zero-order valence-corrected chi connectivity index (χ0v) is 16.3. The van der Waals surface area contributed by atoms with Gasteiger partial charge in [0.2, 0.25) is 0 Å². The first-order chi connectivity index (χ1) is 13.8. The zero-order valence-electron chi connectivity index (χ0n) is 16.3. The van der Waals surface area contributed by atoms with Crippen LogP contribution in [0.5, 0.6) is 0 Å². The Morgan fingerprint density at radius 2 is 1.31 bits per heavy atom. The van der Waals surface area contributed by atoms with E-state index >= 15 is 0 Å². The van der Waals surface area contributed by atoms with Gasteiger partial charge in [-0.25, -0.2) is 8.78 Å². The lowest BCUT2D eigenvalue weighted by molar-refractivity contribution is -0.142. The molecule has 0 bridgehead atoms. The topological polar surface area (TPSA) is 0 Å². The maximum absolute atomic E-state index is 14.2. The molecule has 3 rings (SSSR count). The molecule has 0 aliphatic rings. The van der Waals surface area contributed by atoms with Gasteiger partial charge >= 0.3 is 6.18 Å². The van der Waals surface area contributed by atoms with Crippen LogP contribution in [-0.2, 0) is 25.4 Å². The van der Waals surface area contributed by atoms with Crippen LogP contribution in [0, 0.1) is 11.6 Å². The van der Waals surface area contributed by atoms with Crippen molar-refractivity contribution in [3.05, 3.63) is 82.4 Å². The summed E-state index contributed by atoms with van der Waals surface area (Å²) in [5, 5.41) is -0.0873. The molecule has 3 aromatic rings. The molecule has 0 spiro atoms. The quantitative estimate of drug-likeness (QED) is 0.279. The van der Waals surface area contributed by atoms with Crippen molar-refractivity contribution in [3.63, 3.8) is 0 Å². The minimum Gasteiger partial charge on any atom is -0.206 e. The molecule has 0 fully saturated rings. The highest BCUT2D eigenvalue weighted by Gasteiger charge is 2.38. The molecule has 0 amide bonds. The highest BCUT2D eigenvalue weighted by Crippen LogP contribution is 2.37. The predicted molar refractivity (Wildman–Crippen MR) is 106 cm³/mol. The molecular weight excluding hydrogens is 383 g/mol. The van der Waals surface area contributed by atoms with Gasteiger partial charge < -0.3 is 0 Å². The fourth-order valence-corrected chi connectivity index (χ4v) is 3.54. The summed E-state index contributed by atoms with van der Waals surface area (Å²) in [4.78, 5) is 0. The van der Waals surface area contributed by atoms with Crippen molar-refractivity contribution in [1.82, 2.24) is 0 Å². The summed E-state index contributed by atoms with van der Waals surface area (Å²) >= 11 is 0. The van der Waals surface area contributed by atoms with Gasteiger partial charge in [0, 0.05) is 5.39 Å². The van der Waals surface area contributed by atoms with Crippen molar-refractivity contribution in [2.75, 3.05) is 0 Å². The highest BCUT2D eigenvalue weighted by atomic mass is 19.4. The van der Waals surface area contributed by atoms with Gasteiger partial charge in [0.05, 0.1) is 0 Å². The summed E-state index contributed by atoms with van der Waals surface area (Å²) < 4.78 is 66.6. The van der Waals surface area contributed by atoms with Crippen LogP contribution >= 0.6 is 0 Å². The molecule has 0 nitrogen and oxygen atoms in total. The second kappa shape index (κ2) is 8.93. The van der Waals surface area contributed by atoms with E-state index in [1.807, 2.05) is 0 Å². The monoisotopic (exact) mass is 406 g/mol. The summed E-state index contributed by atoms with van der Waals surface area (Å²) in [5.74, 6) is -3.14. The Balaban J connectivity index is 1.73. The molecule has 0 saturated heterocycles. The van der Waals surface area contributed by atoms with Gasteiger partial charge in [0.25, 0.3) is 0 Å². The van der Waals surface area contributed by atoms with Gasteiger partial charge in [-0.1, -0.05) is 62.2 Å². The van der Waals surface area contributed by atoms with E-state index in [1.165, 1.54) is 30.9 Å². The maximum Gasteiger partial charge on any atom is 0.422 e. The SMILES string of the molecule is CCCCCc1ccc(CCc2ccc3c(F)c(C(F)(F)F)c(F)cc3c2)cc1. The van der Waals surface area contributed by atoms with Crippen molar-refractivity contribution in [3.8, 4) is 0 Å². The number of rotatable bonds is 7. The van der Waals surface area contributed by atoms with E-state index in [0.29, 0.717) is 6.42 Å². The van der Waals surface area contributed by atoms with Crippen LogP contribution in [0.1, 0.15) is 48.4 Å². The largest absolute Gasteiger partial charge is 0.422 e. The van der Waals surface area contributed by atoms with Crippen LogP contribution in [0.4, 0.5) is 22.0 Å². The third-order valence-corrected chi connectivity index (χ3v) is 5.17. The summed E-state index contributed by atoms with van der Waals surface area (Å²) in [6.07, 6.45) is 0.960. The number of unbranched alkanes of at least 4 members (excludes halogenated alkanes) is 2. The van der Waals surface area contributed by atoms with E-state index in [-0.39, 0.29) is 10.8 Å². The Hall–Kier alpha value is -2.43. The van der Waals surface area contributed by atoms with Crippen molar-refractivity contribution < 1.29 is 22.0 Å². The number of halogens is 5. The van der Waals surface area contributed by atoms with Crippen LogP contribution in [0.3, 0.4) is 0 Å². The molecule has 0 radical (unpaired) electrons. The smallest absolute Gasteiger partial charge is 0.206 e. The number of hydrogen-bond donors (Lipinski definition) is 0. The summed E-state index contributed by atoms with van der Waals surface area (Å²) in [7, 11) is 0. The first-order valence-corrected chi connectivity index (χ1v) is 9.85. The highest BCUT2D eigenvalue weighted by molar-refractivity contribution is 5.85. The van der Waals surface area contributed by atoms with Crippen LogP contribution in [0.2, 0.25) is 0 Å². The molecule has 0 unspecified atom stereocenters. The molecule has 0 heterocycles. The molecule has 0 aromatic heterocycles. The van der Waals surface area contributed by atoms with Crippen molar-refractivity contribution in [2.45, 2.75) is 51.6 Å². The van der Waals surface area contributed by atoms with E-state index in [4.69, 9.17) is 0 Å². The fourth-order valence-electron chi connectivity index (χ4n) is 3.54. The van der Waals surface area contributed by atoms with Crippen LogP contribution < -0.4 is 0 Å². The molecule has 0 saturated carbocycles. The predicted octanol–water partition coefficient (Wildman–Crippen LogP) is 7.65. The average molecular weight is 406 g/mol. The lowest BCUT2D eigenvalue weighted by Crippen LogP contribution is -2.11. The number of fused-ring (bicyclic) bond motifs is 1. The number of benzene rings is 3. The molecule has 0 N–H and O–H groups in total. The van der Waals surface area contributed by atoms with Gasteiger partial charge in [0.1, 0.15) is 17.2 Å². The van der Waals surface area contributed by atoms with E-state index in [0.717, 1.165) is 30.0 Å². The minimum atomic E-state index is -5.07. The van der Waals surface area contributed by atoms with E-state index < -0.39 is 23.4 Å². The third-order valence-electron chi connectivity index (χ3n) is 5.17. The summed E-state index contributed by atoms with van der Waals surface area (Å²) in [6.45, 7) is 2.17. The van der Waals surface area contributed by atoms with Gasteiger partial charge in [-0.3, -0.25) is 0 Å². The Kier molecular flexibility index (Phi) is 6.56.